The van der Waals surface area contributed by atoms with E-state index in [0.29, 0.717) is 0 Å². The van der Waals surface area contributed by atoms with Crippen molar-refractivity contribution in [3.8, 4) is 11.8 Å². The van der Waals surface area contributed by atoms with Crippen LogP contribution in [-0.4, -0.2) is 24.0 Å². The van der Waals surface area contributed by atoms with Gasteiger partial charge in [0.2, 0.25) is 0 Å². The molecule has 2 aromatic carbocycles. The van der Waals surface area contributed by atoms with Gasteiger partial charge in [-0.2, -0.15) is 0 Å². The Morgan fingerprint density at radius 1 is 0.857 bits per heavy atom. The molecule has 0 aromatic heterocycles. The summed E-state index contributed by atoms with van der Waals surface area (Å²) in [6.07, 6.45) is 0.975. The van der Waals surface area contributed by atoms with Crippen molar-refractivity contribution in [2.24, 2.45) is 0 Å². The maximum Gasteiger partial charge on any atom is 0.0758 e. The van der Waals surface area contributed by atoms with E-state index in [1.54, 1.807) is 0 Å². The minimum Gasteiger partial charge on any atom is -0.290 e. The second kappa shape index (κ2) is 8.29. The Labute approximate surface area is 128 Å². The third-order valence-corrected chi connectivity index (χ3v) is 3.68. The Bertz CT molecular complexity index is 573. The fourth-order valence-electron chi connectivity index (χ4n) is 2.46. The Hall–Kier alpha value is -2.04. The van der Waals surface area contributed by atoms with Gasteiger partial charge in [0.15, 0.2) is 0 Å². The Morgan fingerprint density at radius 2 is 1.43 bits per heavy atom. The van der Waals surface area contributed by atoms with Crippen molar-refractivity contribution in [3.63, 3.8) is 0 Å². The van der Waals surface area contributed by atoms with Gasteiger partial charge in [0.25, 0.3) is 0 Å². The lowest BCUT2D eigenvalue weighted by molar-refractivity contribution is 0.260. The lowest BCUT2D eigenvalue weighted by Crippen LogP contribution is -2.35. The minimum atomic E-state index is 0.266. The summed E-state index contributed by atoms with van der Waals surface area (Å²) in [6, 6.07) is 21.1. The molecule has 0 radical (unpaired) electrons. The van der Waals surface area contributed by atoms with E-state index in [2.05, 4.69) is 73.1 Å². The van der Waals surface area contributed by atoms with Gasteiger partial charge in [-0.25, -0.2) is 0 Å². The molecule has 1 heteroatoms. The maximum atomic E-state index is 3.46. The molecule has 1 atom stereocenters. The monoisotopic (exact) mass is 277 g/mol. The predicted molar refractivity (Wildman–Crippen MR) is 90.2 cm³/mol. The van der Waals surface area contributed by atoms with Crippen molar-refractivity contribution in [2.45, 2.75) is 26.3 Å². The van der Waals surface area contributed by atoms with Crippen LogP contribution in [0.5, 0.6) is 0 Å². The normalized spacial score (nSPS) is 11.8. The average molecular weight is 277 g/mol. The number of nitrogens with zero attached hydrogens (tertiary/aromatic N) is 1. The van der Waals surface area contributed by atoms with Gasteiger partial charge < -0.3 is 0 Å². The van der Waals surface area contributed by atoms with Gasteiger partial charge in [-0.1, -0.05) is 74.2 Å². The van der Waals surface area contributed by atoms with Gasteiger partial charge in [0.1, 0.15) is 0 Å². The fraction of sp³-hybridized carbons (Fsp3) is 0.300. The third kappa shape index (κ3) is 4.77. The summed E-state index contributed by atoms with van der Waals surface area (Å²) >= 11 is 0. The van der Waals surface area contributed by atoms with E-state index in [4.69, 9.17) is 0 Å². The van der Waals surface area contributed by atoms with Crippen LogP contribution in [0.2, 0.25) is 0 Å². The van der Waals surface area contributed by atoms with Crippen LogP contribution in [0.25, 0.3) is 0 Å². The SMILES string of the molecule is CCN(CC)C(C#Cc1ccccc1)Cc1ccccc1. The topological polar surface area (TPSA) is 3.24 Å². The van der Waals surface area contributed by atoms with Crippen LogP contribution in [0.1, 0.15) is 25.0 Å². The first kappa shape index (κ1) is 15.4. The standard InChI is InChI=1S/C20H23N/c1-3-21(4-2)20(17-19-13-9-6-10-14-19)16-15-18-11-7-5-8-12-18/h5-14,20H,3-4,17H2,1-2H3. The molecule has 21 heavy (non-hydrogen) atoms. The molecule has 0 aliphatic heterocycles. The summed E-state index contributed by atoms with van der Waals surface area (Å²) < 4.78 is 0. The smallest absolute Gasteiger partial charge is 0.0758 e. The van der Waals surface area contributed by atoms with Gasteiger partial charge in [0.05, 0.1) is 6.04 Å². The molecule has 0 heterocycles. The zero-order chi connectivity index (χ0) is 14.9. The first-order valence-electron chi connectivity index (χ1n) is 7.68. The van der Waals surface area contributed by atoms with Crippen molar-refractivity contribution in [1.82, 2.24) is 4.90 Å². The lowest BCUT2D eigenvalue weighted by atomic mass is 10.0. The number of likely N-dealkylation sites (N-methyl/N-ethyl adjacent to an activating group) is 1. The Morgan fingerprint density at radius 3 is 2.00 bits per heavy atom. The zero-order valence-electron chi connectivity index (χ0n) is 12.9. The first-order valence-corrected chi connectivity index (χ1v) is 7.68. The predicted octanol–water partition coefficient (Wildman–Crippen LogP) is 3.99. The van der Waals surface area contributed by atoms with Gasteiger partial charge in [-0.05, 0) is 37.2 Å². The molecule has 0 amide bonds. The van der Waals surface area contributed by atoms with Gasteiger partial charge >= 0.3 is 0 Å². The molecular formula is C20H23N. The molecule has 0 fully saturated rings. The average Bonchev–Trinajstić information content (AvgIpc) is 2.55. The van der Waals surface area contributed by atoms with E-state index >= 15 is 0 Å². The summed E-state index contributed by atoms with van der Waals surface area (Å²) in [5.74, 6) is 6.78. The molecule has 0 saturated heterocycles. The summed E-state index contributed by atoms with van der Waals surface area (Å²) in [4.78, 5) is 2.42. The van der Waals surface area contributed by atoms with Crippen LogP contribution in [0, 0.1) is 11.8 Å². The van der Waals surface area contributed by atoms with Crippen molar-refractivity contribution in [3.05, 3.63) is 71.8 Å². The van der Waals surface area contributed by atoms with Crippen LogP contribution < -0.4 is 0 Å². The molecule has 0 bridgehead atoms. The van der Waals surface area contributed by atoms with Gasteiger partial charge in [-0.3, -0.25) is 4.90 Å². The summed E-state index contributed by atoms with van der Waals surface area (Å²) in [7, 11) is 0. The molecule has 2 aromatic rings. The van der Waals surface area contributed by atoms with Crippen LogP contribution in [0.15, 0.2) is 60.7 Å². The second-order valence-corrected chi connectivity index (χ2v) is 5.06. The largest absolute Gasteiger partial charge is 0.290 e. The number of rotatable bonds is 5. The highest BCUT2D eigenvalue weighted by Gasteiger charge is 2.13. The summed E-state index contributed by atoms with van der Waals surface area (Å²) in [5.41, 5.74) is 2.43. The van der Waals surface area contributed by atoms with Crippen molar-refractivity contribution in [2.75, 3.05) is 13.1 Å². The molecule has 0 N–H and O–H groups in total. The first-order chi connectivity index (χ1) is 10.3. The van der Waals surface area contributed by atoms with E-state index < -0.39 is 0 Å². The van der Waals surface area contributed by atoms with Crippen molar-refractivity contribution in [1.29, 1.82) is 0 Å². The van der Waals surface area contributed by atoms with E-state index in [9.17, 15) is 0 Å². The Balaban J connectivity index is 2.18. The molecule has 108 valence electrons. The number of hydrogen-bond acceptors (Lipinski definition) is 1. The van der Waals surface area contributed by atoms with Crippen LogP contribution in [0.3, 0.4) is 0 Å². The van der Waals surface area contributed by atoms with Crippen LogP contribution in [-0.2, 0) is 6.42 Å². The van der Waals surface area contributed by atoms with Gasteiger partial charge in [0, 0.05) is 5.56 Å². The summed E-state index contributed by atoms with van der Waals surface area (Å²) in [6.45, 7) is 6.45. The Kier molecular flexibility index (Phi) is 6.06. The zero-order valence-corrected chi connectivity index (χ0v) is 12.9. The van der Waals surface area contributed by atoms with E-state index in [1.807, 2.05) is 18.2 Å². The fourth-order valence-corrected chi connectivity index (χ4v) is 2.46. The highest BCUT2D eigenvalue weighted by Crippen LogP contribution is 2.09. The molecule has 1 unspecified atom stereocenters. The number of hydrogen-bond donors (Lipinski definition) is 0. The minimum absolute atomic E-state index is 0.266. The molecule has 2 rings (SSSR count). The molecule has 0 aliphatic carbocycles. The van der Waals surface area contributed by atoms with E-state index in [1.165, 1.54) is 5.56 Å². The summed E-state index contributed by atoms with van der Waals surface area (Å²) in [5, 5.41) is 0. The molecule has 0 saturated carbocycles. The molecule has 0 spiro atoms. The number of benzene rings is 2. The van der Waals surface area contributed by atoms with E-state index in [-0.39, 0.29) is 6.04 Å². The van der Waals surface area contributed by atoms with Crippen molar-refractivity contribution >= 4 is 0 Å². The quantitative estimate of drug-likeness (QED) is 0.747. The molecular weight excluding hydrogens is 254 g/mol. The lowest BCUT2D eigenvalue weighted by Gasteiger charge is -2.25. The molecule has 1 nitrogen and oxygen atoms in total. The highest BCUT2D eigenvalue weighted by atomic mass is 15.1. The second-order valence-electron chi connectivity index (χ2n) is 5.06. The van der Waals surface area contributed by atoms with Crippen LogP contribution in [0.4, 0.5) is 0 Å². The van der Waals surface area contributed by atoms with Gasteiger partial charge in [-0.15, -0.1) is 0 Å². The van der Waals surface area contributed by atoms with E-state index in [0.717, 1.165) is 25.1 Å². The molecule has 0 aliphatic rings. The highest BCUT2D eigenvalue weighted by molar-refractivity contribution is 5.35. The third-order valence-electron chi connectivity index (χ3n) is 3.68. The van der Waals surface area contributed by atoms with Crippen LogP contribution >= 0.6 is 0 Å². The van der Waals surface area contributed by atoms with Crippen molar-refractivity contribution < 1.29 is 0 Å². The maximum absolute atomic E-state index is 3.46.